The first kappa shape index (κ1) is 10.2. The molecule has 0 aromatic heterocycles. The van der Waals surface area contributed by atoms with Gasteiger partial charge in [-0.15, -0.1) is 0 Å². The topological polar surface area (TPSA) is 52.4 Å². The predicted octanol–water partition coefficient (Wildman–Crippen LogP) is 2.56. The normalized spacial score (nSPS) is 9.50. The number of ether oxygens (including phenoxy) is 1. The van der Waals surface area contributed by atoms with E-state index < -0.39 is 4.92 Å². The van der Waals surface area contributed by atoms with Crippen molar-refractivity contribution >= 4 is 5.69 Å². The Hall–Kier alpha value is -1.84. The van der Waals surface area contributed by atoms with Crippen molar-refractivity contribution in [3.63, 3.8) is 0 Å². The number of hydrogen-bond donors (Lipinski definition) is 0. The second-order valence-electron chi connectivity index (χ2n) is 2.81. The molecule has 0 radical (unpaired) electrons. The van der Waals surface area contributed by atoms with Crippen LogP contribution in [-0.4, -0.2) is 4.92 Å². The zero-order valence-electron chi connectivity index (χ0n) is 7.90. The van der Waals surface area contributed by atoms with Gasteiger partial charge in [0.2, 0.25) is 0 Å². The SMILES string of the molecule is C=COCc1c(C)cccc1[N+](=O)[O-]. The van der Waals surface area contributed by atoms with Crippen LogP contribution >= 0.6 is 0 Å². The minimum atomic E-state index is -0.408. The summed E-state index contributed by atoms with van der Waals surface area (Å²) < 4.78 is 4.95. The fourth-order valence-corrected chi connectivity index (χ4v) is 1.19. The van der Waals surface area contributed by atoms with E-state index in [0.717, 1.165) is 5.56 Å². The summed E-state index contributed by atoms with van der Waals surface area (Å²) in [5.41, 5.74) is 1.53. The van der Waals surface area contributed by atoms with Gasteiger partial charge in [-0.25, -0.2) is 0 Å². The lowest BCUT2D eigenvalue weighted by atomic mass is 10.1. The first-order valence-electron chi connectivity index (χ1n) is 4.12. The van der Waals surface area contributed by atoms with E-state index in [1.165, 1.54) is 12.3 Å². The van der Waals surface area contributed by atoms with Crippen LogP contribution in [0.5, 0.6) is 0 Å². The van der Waals surface area contributed by atoms with Gasteiger partial charge in [0, 0.05) is 6.07 Å². The first-order chi connectivity index (χ1) is 6.66. The summed E-state index contributed by atoms with van der Waals surface area (Å²) in [6.07, 6.45) is 1.27. The number of nitro benzene ring substituents is 1. The molecule has 74 valence electrons. The van der Waals surface area contributed by atoms with Crippen LogP contribution < -0.4 is 0 Å². The molecular weight excluding hydrogens is 182 g/mol. The third kappa shape index (κ3) is 2.10. The molecule has 0 aliphatic heterocycles. The van der Waals surface area contributed by atoms with Crippen molar-refractivity contribution in [1.82, 2.24) is 0 Å². The van der Waals surface area contributed by atoms with Crippen LogP contribution in [0, 0.1) is 17.0 Å². The van der Waals surface area contributed by atoms with E-state index in [9.17, 15) is 10.1 Å². The monoisotopic (exact) mass is 193 g/mol. The molecule has 0 unspecified atom stereocenters. The van der Waals surface area contributed by atoms with Crippen LogP contribution in [0.4, 0.5) is 5.69 Å². The van der Waals surface area contributed by atoms with E-state index in [4.69, 9.17) is 4.74 Å². The van der Waals surface area contributed by atoms with Gasteiger partial charge < -0.3 is 4.74 Å². The van der Waals surface area contributed by atoms with Gasteiger partial charge in [0.25, 0.3) is 5.69 Å². The average molecular weight is 193 g/mol. The maximum Gasteiger partial charge on any atom is 0.276 e. The fourth-order valence-electron chi connectivity index (χ4n) is 1.19. The van der Waals surface area contributed by atoms with Crippen LogP contribution in [0.3, 0.4) is 0 Å². The third-order valence-corrected chi connectivity index (χ3v) is 1.93. The Morgan fingerprint density at radius 2 is 2.36 bits per heavy atom. The molecule has 1 aromatic rings. The summed E-state index contributed by atoms with van der Waals surface area (Å²) in [6.45, 7) is 5.39. The molecule has 0 heterocycles. The van der Waals surface area contributed by atoms with Gasteiger partial charge in [-0.05, 0) is 12.5 Å². The van der Waals surface area contributed by atoms with Crippen LogP contribution in [0.15, 0.2) is 31.0 Å². The predicted molar refractivity (Wildman–Crippen MR) is 52.8 cm³/mol. The minimum Gasteiger partial charge on any atom is -0.497 e. The fraction of sp³-hybridized carbons (Fsp3) is 0.200. The van der Waals surface area contributed by atoms with Gasteiger partial charge in [0.1, 0.15) is 6.61 Å². The maximum absolute atomic E-state index is 10.7. The van der Waals surface area contributed by atoms with Crippen LogP contribution in [0.1, 0.15) is 11.1 Å². The highest BCUT2D eigenvalue weighted by molar-refractivity contribution is 5.44. The highest BCUT2D eigenvalue weighted by Crippen LogP contribution is 2.22. The van der Waals surface area contributed by atoms with Crippen LogP contribution in [0.25, 0.3) is 0 Å². The van der Waals surface area contributed by atoms with Crippen molar-refractivity contribution in [3.05, 3.63) is 52.3 Å². The van der Waals surface area contributed by atoms with E-state index in [1.807, 2.05) is 13.0 Å². The molecular formula is C10H11NO3. The van der Waals surface area contributed by atoms with Gasteiger partial charge in [-0.2, -0.15) is 0 Å². The van der Waals surface area contributed by atoms with E-state index in [2.05, 4.69) is 6.58 Å². The largest absolute Gasteiger partial charge is 0.497 e. The standard InChI is InChI=1S/C10H11NO3/c1-3-14-7-9-8(2)5-4-6-10(9)11(12)13/h3-6H,1,7H2,2H3. The van der Waals surface area contributed by atoms with E-state index >= 15 is 0 Å². The van der Waals surface area contributed by atoms with Crippen molar-refractivity contribution in [1.29, 1.82) is 0 Å². The lowest BCUT2D eigenvalue weighted by Crippen LogP contribution is -1.98. The number of benzene rings is 1. The van der Waals surface area contributed by atoms with Gasteiger partial charge in [-0.3, -0.25) is 10.1 Å². The van der Waals surface area contributed by atoms with Crippen molar-refractivity contribution < 1.29 is 9.66 Å². The van der Waals surface area contributed by atoms with Crippen molar-refractivity contribution in [2.24, 2.45) is 0 Å². The molecule has 0 amide bonds. The maximum atomic E-state index is 10.7. The molecule has 0 aliphatic carbocycles. The quantitative estimate of drug-likeness (QED) is 0.419. The number of rotatable bonds is 4. The molecule has 4 nitrogen and oxygen atoms in total. The second-order valence-corrected chi connectivity index (χ2v) is 2.81. The Morgan fingerprint density at radius 1 is 1.64 bits per heavy atom. The Bertz CT molecular complexity index is 360. The Balaban J connectivity index is 3.08. The molecule has 1 rings (SSSR count). The Morgan fingerprint density at radius 3 is 2.93 bits per heavy atom. The number of nitrogens with zero attached hydrogens (tertiary/aromatic N) is 1. The molecule has 1 aromatic carbocycles. The Labute approximate surface area is 82.0 Å². The van der Waals surface area contributed by atoms with Crippen LogP contribution in [-0.2, 0) is 11.3 Å². The van der Waals surface area contributed by atoms with Gasteiger partial charge >= 0.3 is 0 Å². The average Bonchev–Trinajstić information content (AvgIpc) is 2.15. The van der Waals surface area contributed by atoms with Crippen molar-refractivity contribution in [2.75, 3.05) is 0 Å². The molecule has 0 fully saturated rings. The van der Waals surface area contributed by atoms with Gasteiger partial charge in [0.15, 0.2) is 0 Å². The highest BCUT2D eigenvalue weighted by Gasteiger charge is 2.14. The minimum absolute atomic E-state index is 0.0897. The zero-order valence-corrected chi connectivity index (χ0v) is 7.90. The lowest BCUT2D eigenvalue weighted by Gasteiger charge is -2.05. The number of nitro groups is 1. The van der Waals surface area contributed by atoms with E-state index in [0.29, 0.717) is 5.56 Å². The molecule has 0 bridgehead atoms. The molecule has 14 heavy (non-hydrogen) atoms. The van der Waals surface area contributed by atoms with Crippen LogP contribution in [0.2, 0.25) is 0 Å². The first-order valence-corrected chi connectivity index (χ1v) is 4.12. The third-order valence-electron chi connectivity index (χ3n) is 1.93. The summed E-state index contributed by atoms with van der Waals surface area (Å²) in [5, 5.41) is 10.7. The van der Waals surface area contributed by atoms with Crippen molar-refractivity contribution in [3.8, 4) is 0 Å². The second kappa shape index (κ2) is 4.41. The van der Waals surface area contributed by atoms with E-state index in [1.54, 1.807) is 6.07 Å². The number of hydrogen-bond acceptors (Lipinski definition) is 3. The Kier molecular flexibility index (Phi) is 3.23. The molecule has 0 saturated heterocycles. The molecule has 4 heteroatoms. The summed E-state index contributed by atoms with van der Waals surface area (Å²) >= 11 is 0. The molecule has 0 saturated carbocycles. The van der Waals surface area contributed by atoms with Gasteiger partial charge in [-0.1, -0.05) is 18.7 Å². The number of aryl methyl sites for hydroxylation is 1. The van der Waals surface area contributed by atoms with Crippen molar-refractivity contribution in [2.45, 2.75) is 13.5 Å². The molecule has 0 N–H and O–H groups in total. The summed E-state index contributed by atoms with van der Waals surface area (Å²) in [7, 11) is 0. The smallest absolute Gasteiger partial charge is 0.276 e. The zero-order chi connectivity index (χ0) is 10.6. The summed E-state index contributed by atoms with van der Waals surface area (Å²) in [6, 6.07) is 4.94. The summed E-state index contributed by atoms with van der Waals surface area (Å²) in [5.74, 6) is 0. The van der Waals surface area contributed by atoms with Gasteiger partial charge in [0.05, 0.1) is 16.7 Å². The highest BCUT2D eigenvalue weighted by atomic mass is 16.6. The van der Waals surface area contributed by atoms with E-state index in [-0.39, 0.29) is 12.3 Å². The lowest BCUT2D eigenvalue weighted by molar-refractivity contribution is -0.385. The molecule has 0 atom stereocenters. The molecule has 0 aliphatic rings. The summed E-state index contributed by atoms with van der Waals surface area (Å²) in [4.78, 5) is 10.3. The molecule has 0 spiro atoms.